The van der Waals surface area contributed by atoms with Crippen LogP contribution in [0.25, 0.3) is 0 Å². The Morgan fingerprint density at radius 2 is 1.88 bits per heavy atom. The van der Waals surface area contributed by atoms with Gasteiger partial charge in [-0.3, -0.25) is 4.79 Å². The highest BCUT2D eigenvalue weighted by Gasteiger charge is 2.35. The van der Waals surface area contributed by atoms with Gasteiger partial charge in [0.1, 0.15) is 17.3 Å². The lowest BCUT2D eigenvalue weighted by molar-refractivity contribution is 0.0487. The van der Waals surface area contributed by atoms with Crippen molar-refractivity contribution in [3.63, 3.8) is 0 Å². The summed E-state index contributed by atoms with van der Waals surface area (Å²) in [5.74, 6) is 2.15. The van der Waals surface area contributed by atoms with Crippen molar-refractivity contribution in [3.05, 3.63) is 53.0 Å². The second-order valence-electron chi connectivity index (χ2n) is 6.63. The van der Waals surface area contributed by atoms with Gasteiger partial charge >= 0.3 is 0 Å². The Hall–Kier alpha value is -2.27. The largest absolute Gasteiger partial charge is 0.497 e. The van der Waals surface area contributed by atoms with Gasteiger partial charge in [0, 0.05) is 25.2 Å². The van der Waals surface area contributed by atoms with E-state index in [1.54, 1.807) is 13.2 Å². The number of aryl methyl sites for hydroxylation is 2. The van der Waals surface area contributed by atoms with Crippen LogP contribution in [0.4, 0.5) is 0 Å². The number of benzene rings is 1. The lowest BCUT2D eigenvalue weighted by Gasteiger charge is -2.38. The second kappa shape index (κ2) is 7.31. The molecule has 1 aliphatic rings. The topological polar surface area (TPSA) is 60.7 Å². The Morgan fingerprint density at radius 1 is 1.20 bits per heavy atom. The molecule has 0 atom stereocenters. The number of amides is 1. The SMILES string of the molecule is COc1ccc(C2(CNC(=O)c3cc(C)oc3C)CCOCC2)cc1. The third-order valence-electron chi connectivity index (χ3n) is 5.03. The van der Waals surface area contributed by atoms with Crippen LogP contribution in [0.2, 0.25) is 0 Å². The molecule has 25 heavy (non-hydrogen) atoms. The quantitative estimate of drug-likeness (QED) is 0.904. The molecule has 1 aliphatic heterocycles. The highest BCUT2D eigenvalue weighted by molar-refractivity contribution is 5.95. The maximum Gasteiger partial charge on any atom is 0.254 e. The van der Waals surface area contributed by atoms with E-state index in [1.165, 1.54) is 5.56 Å². The molecule has 134 valence electrons. The van der Waals surface area contributed by atoms with Crippen molar-refractivity contribution >= 4 is 5.91 Å². The minimum atomic E-state index is -0.118. The first-order valence-corrected chi connectivity index (χ1v) is 8.62. The summed E-state index contributed by atoms with van der Waals surface area (Å²) in [6, 6.07) is 9.90. The predicted molar refractivity (Wildman–Crippen MR) is 95.2 cm³/mol. The average Bonchev–Trinajstić information content (AvgIpc) is 2.99. The van der Waals surface area contributed by atoms with Crippen molar-refractivity contribution in [3.8, 4) is 5.75 Å². The molecule has 5 heteroatoms. The van der Waals surface area contributed by atoms with Crippen molar-refractivity contribution in [2.75, 3.05) is 26.9 Å². The average molecular weight is 343 g/mol. The standard InChI is InChI=1S/C20H25NO4/c1-14-12-18(15(2)25-14)19(22)21-13-20(8-10-24-11-9-20)16-4-6-17(23-3)7-5-16/h4-7,12H,8-11,13H2,1-3H3,(H,21,22). The van der Waals surface area contributed by atoms with Gasteiger partial charge in [-0.05, 0) is 50.5 Å². The first-order chi connectivity index (χ1) is 12.0. The number of methoxy groups -OCH3 is 1. The molecule has 1 aromatic heterocycles. The Labute approximate surface area is 148 Å². The van der Waals surface area contributed by atoms with Gasteiger partial charge in [-0.25, -0.2) is 0 Å². The first-order valence-electron chi connectivity index (χ1n) is 8.62. The molecular formula is C20H25NO4. The van der Waals surface area contributed by atoms with Gasteiger partial charge in [0.05, 0.1) is 12.7 Å². The van der Waals surface area contributed by atoms with Crippen molar-refractivity contribution in [2.45, 2.75) is 32.1 Å². The minimum absolute atomic E-state index is 0.0891. The summed E-state index contributed by atoms with van der Waals surface area (Å²) in [6.45, 7) is 5.64. The molecular weight excluding hydrogens is 318 g/mol. The zero-order valence-electron chi connectivity index (χ0n) is 15.1. The highest BCUT2D eigenvalue weighted by atomic mass is 16.5. The van der Waals surface area contributed by atoms with Crippen LogP contribution in [0, 0.1) is 13.8 Å². The zero-order valence-corrected chi connectivity index (χ0v) is 15.1. The molecule has 0 spiro atoms. The number of carbonyl (C=O) groups is 1. The molecule has 0 radical (unpaired) electrons. The molecule has 1 amide bonds. The van der Waals surface area contributed by atoms with E-state index in [-0.39, 0.29) is 11.3 Å². The van der Waals surface area contributed by atoms with Gasteiger partial charge in [-0.1, -0.05) is 12.1 Å². The third-order valence-corrected chi connectivity index (χ3v) is 5.03. The molecule has 1 fully saturated rings. The summed E-state index contributed by atoms with van der Waals surface area (Å²) in [7, 11) is 1.66. The van der Waals surface area contributed by atoms with Gasteiger partial charge in [0.2, 0.25) is 0 Å². The van der Waals surface area contributed by atoms with E-state index < -0.39 is 0 Å². The summed E-state index contributed by atoms with van der Waals surface area (Å²) in [6.07, 6.45) is 1.76. The Morgan fingerprint density at radius 3 is 2.44 bits per heavy atom. The fourth-order valence-electron chi connectivity index (χ4n) is 3.48. The van der Waals surface area contributed by atoms with Crippen LogP contribution in [-0.4, -0.2) is 32.8 Å². The normalized spacial score (nSPS) is 16.4. The molecule has 0 bridgehead atoms. The summed E-state index contributed by atoms with van der Waals surface area (Å²) < 4.78 is 16.3. The Kier molecular flexibility index (Phi) is 5.13. The summed E-state index contributed by atoms with van der Waals surface area (Å²) in [5, 5.41) is 3.11. The molecule has 2 aromatic rings. The maximum atomic E-state index is 12.6. The van der Waals surface area contributed by atoms with Crippen molar-refractivity contribution in [1.29, 1.82) is 0 Å². The van der Waals surface area contributed by atoms with E-state index in [0.29, 0.717) is 31.1 Å². The molecule has 1 saturated heterocycles. The number of rotatable bonds is 5. The second-order valence-corrected chi connectivity index (χ2v) is 6.63. The minimum Gasteiger partial charge on any atom is -0.497 e. The van der Waals surface area contributed by atoms with Crippen molar-refractivity contribution in [2.24, 2.45) is 0 Å². The first kappa shape index (κ1) is 17.5. The number of ether oxygens (including phenoxy) is 2. The monoisotopic (exact) mass is 343 g/mol. The Bertz CT molecular complexity index is 727. The molecule has 0 aliphatic carbocycles. The molecule has 1 aromatic carbocycles. The van der Waals surface area contributed by atoms with Crippen molar-refractivity contribution < 1.29 is 18.7 Å². The van der Waals surface area contributed by atoms with E-state index in [2.05, 4.69) is 17.4 Å². The zero-order chi connectivity index (χ0) is 17.9. The number of carbonyl (C=O) groups excluding carboxylic acids is 1. The van der Waals surface area contributed by atoms with Crippen LogP contribution >= 0.6 is 0 Å². The van der Waals surface area contributed by atoms with Gasteiger partial charge in [0.15, 0.2) is 0 Å². The fraction of sp³-hybridized carbons (Fsp3) is 0.450. The van der Waals surface area contributed by atoms with E-state index in [0.717, 1.165) is 24.4 Å². The molecule has 0 saturated carbocycles. The van der Waals surface area contributed by atoms with Gasteiger partial charge in [0.25, 0.3) is 5.91 Å². The van der Waals surface area contributed by atoms with Gasteiger partial charge in [-0.15, -0.1) is 0 Å². The number of nitrogens with one attached hydrogen (secondary N) is 1. The number of hydrogen-bond donors (Lipinski definition) is 1. The summed E-state index contributed by atoms with van der Waals surface area (Å²) in [4.78, 5) is 12.6. The fourth-order valence-corrected chi connectivity index (χ4v) is 3.48. The van der Waals surface area contributed by atoms with Crippen molar-refractivity contribution in [1.82, 2.24) is 5.32 Å². The van der Waals surface area contributed by atoms with E-state index >= 15 is 0 Å². The smallest absolute Gasteiger partial charge is 0.254 e. The number of furan rings is 1. The molecule has 1 N–H and O–H groups in total. The number of hydrogen-bond acceptors (Lipinski definition) is 4. The van der Waals surface area contributed by atoms with Crippen LogP contribution in [0.15, 0.2) is 34.7 Å². The molecule has 5 nitrogen and oxygen atoms in total. The van der Waals surface area contributed by atoms with Crippen LogP contribution in [0.5, 0.6) is 5.75 Å². The molecule has 0 unspecified atom stereocenters. The van der Waals surface area contributed by atoms with E-state index in [1.807, 2.05) is 26.0 Å². The lowest BCUT2D eigenvalue weighted by Crippen LogP contribution is -2.44. The van der Waals surface area contributed by atoms with Gasteiger partial charge in [-0.2, -0.15) is 0 Å². The van der Waals surface area contributed by atoms with Gasteiger partial charge < -0.3 is 19.2 Å². The molecule has 2 heterocycles. The Balaban J connectivity index is 1.78. The van der Waals surface area contributed by atoms with Crippen LogP contribution in [0.3, 0.4) is 0 Å². The lowest BCUT2D eigenvalue weighted by atomic mass is 9.74. The highest BCUT2D eigenvalue weighted by Crippen LogP contribution is 2.35. The van der Waals surface area contributed by atoms with E-state index in [9.17, 15) is 4.79 Å². The van der Waals surface area contributed by atoms with Crippen LogP contribution in [0.1, 0.15) is 40.3 Å². The summed E-state index contributed by atoms with van der Waals surface area (Å²) in [5.41, 5.74) is 1.69. The van der Waals surface area contributed by atoms with E-state index in [4.69, 9.17) is 13.9 Å². The third kappa shape index (κ3) is 3.71. The molecule has 3 rings (SSSR count). The summed E-state index contributed by atoms with van der Waals surface area (Å²) >= 11 is 0. The maximum absolute atomic E-state index is 12.6. The van der Waals surface area contributed by atoms with Crippen LogP contribution in [-0.2, 0) is 10.2 Å². The predicted octanol–water partition coefficient (Wildman–Crippen LogP) is 3.38. The van der Waals surface area contributed by atoms with Crippen LogP contribution < -0.4 is 10.1 Å².